The van der Waals surface area contributed by atoms with Gasteiger partial charge in [0.1, 0.15) is 11.2 Å². The van der Waals surface area contributed by atoms with Crippen molar-refractivity contribution in [3.63, 3.8) is 0 Å². The highest BCUT2D eigenvalue weighted by Gasteiger charge is 2.32. The Labute approximate surface area is 123 Å². The van der Waals surface area contributed by atoms with Crippen LogP contribution in [0.15, 0.2) is 18.2 Å². The van der Waals surface area contributed by atoms with Crippen LogP contribution in [0.4, 0.5) is 10.1 Å². The number of hydrogen-bond donors (Lipinski definition) is 1. The van der Waals surface area contributed by atoms with Crippen LogP contribution in [0, 0.1) is 5.82 Å². The minimum absolute atomic E-state index is 0.249. The van der Waals surface area contributed by atoms with Gasteiger partial charge in [0.15, 0.2) is 9.84 Å². The van der Waals surface area contributed by atoms with Gasteiger partial charge < -0.3 is 10.6 Å². The number of hydrogen-bond acceptors (Lipinski definition) is 5. The van der Waals surface area contributed by atoms with E-state index in [9.17, 15) is 12.8 Å². The fraction of sp³-hybridized carbons (Fsp3) is 0.538. The van der Waals surface area contributed by atoms with Crippen molar-refractivity contribution >= 4 is 27.3 Å². The maximum Gasteiger partial charge on any atom is 0.169 e. The third-order valence-corrected chi connectivity index (χ3v) is 6.03. The summed E-state index contributed by atoms with van der Waals surface area (Å²) in [5.74, 6) is 0.841. The predicted molar refractivity (Wildman–Crippen MR) is 82.3 cm³/mol. The SMILES string of the molecule is CC(N)c1ccc(N2CCSCC2S(C)(=O)=O)c(F)c1. The van der Waals surface area contributed by atoms with Crippen LogP contribution in [-0.4, -0.2) is 38.1 Å². The van der Waals surface area contributed by atoms with E-state index in [1.165, 1.54) is 12.3 Å². The first-order chi connectivity index (χ1) is 9.30. The van der Waals surface area contributed by atoms with E-state index in [-0.39, 0.29) is 6.04 Å². The zero-order chi connectivity index (χ0) is 14.9. The number of halogens is 1. The Kier molecular flexibility index (Phi) is 4.61. The number of anilines is 1. The lowest BCUT2D eigenvalue weighted by molar-refractivity contribution is 0.578. The summed E-state index contributed by atoms with van der Waals surface area (Å²) < 4.78 is 38.0. The molecule has 2 atom stereocenters. The molecule has 1 fully saturated rings. The molecule has 1 aliphatic rings. The first kappa shape index (κ1) is 15.6. The summed E-state index contributed by atoms with van der Waals surface area (Å²) in [6.45, 7) is 2.31. The maximum atomic E-state index is 14.3. The van der Waals surface area contributed by atoms with Gasteiger partial charge in [0.2, 0.25) is 0 Å². The van der Waals surface area contributed by atoms with Gasteiger partial charge in [0.25, 0.3) is 0 Å². The molecule has 1 aromatic rings. The molecule has 4 nitrogen and oxygen atoms in total. The van der Waals surface area contributed by atoms with Crippen LogP contribution in [0.3, 0.4) is 0 Å². The van der Waals surface area contributed by atoms with Gasteiger partial charge in [-0.2, -0.15) is 11.8 Å². The van der Waals surface area contributed by atoms with Crippen molar-refractivity contribution in [2.75, 3.05) is 29.2 Å². The normalized spacial score (nSPS) is 21.8. The van der Waals surface area contributed by atoms with Gasteiger partial charge in [-0.05, 0) is 24.6 Å². The van der Waals surface area contributed by atoms with E-state index in [0.29, 0.717) is 23.5 Å². The largest absolute Gasteiger partial charge is 0.351 e. The molecule has 2 unspecified atom stereocenters. The van der Waals surface area contributed by atoms with Crippen LogP contribution >= 0.6 is 11.8 Å². The number of thioether (sulfide) groups is 1. The monoisotopic (exact) mass is 318 g/mol. The van der Waals surface area contributed by atoms with Crippen LogP contribution < -0.4 is 10.6 Å². The highest BCUT2D eigenvalue weighted by molar-refractivity contribution is 8.01. The van der Waals surface area contributed by atoms with E-state index in [1.54, 1.807) is 35.7 Å². The third kappa shape index (κ3) is 3.27. The summed E-state index contributed by atoms with van der Waals surface area (Å²) in [5, 5.41) is -0.670. The molecule has 7 heteroatoms. The predicted octanol–water partition coefficient (Wildman–Crippen LogP) is 1.77. The van der Waals surface area contributed by atoms with Gasteiger partial charge in [-0.25, -0.2) is 12.8 Å². The van der Waals surface area contributed by atoms with Gasteiger partial charge in [0.05, 0.1) is 5.69 Å². The Balaban J connectivity index is 2.38. The van der Waals surface area contributed by atoms with Crippen LogP contribution in [-0.2, 0) is 9.84 Å². The summed E-state index contributed by atoms with van der Waals surface area (Å²) >= 11 is 1.58. The molecule has 2 rings (SSSR count). The van der Waals surface area contributed by atoms with E-state index in [4.69, 9.17) is 5.73 Å². The highest BCUT2D eigenvalue weighted by Crippen LogP contribution is 2.30. The molecule has 1 aromatic carbocycles. The van der Waals surface area contributed by atoms with Crippen LogP contribution in [0.2, 0.25) is 0 Å². The molecule has 0 bridgehead atoms. The van der Waals surface area contributed by atoms with Gasteiger partial charge >= 0.3 is 0 Å². The molecule has 112 valence electrons. The summed E-state index contributed by atoms with van der Waals surface area (Å²) in [7, 11) is -3.25. The van der Waals surface area contributed by atoms with Gasteiger partial charge in [0, 0.05) is 30.3 Å². The van der Waals surface area contributed by atoms with E-state index in [1.807, 2.05) is 0 Å². The van der Waals surface area contributed by atoms with Crippen molar-refractivity contribution in [3.8, 4) is 0 Å². The van der Waals surface area contributed by atoms with Crippen LogP contribution in [0.1, 0.15) is 18.5 Å². The quantitative estimate of drug-likeness (QED) is 0.920. The Hall–Kier alpha value is -0.790. The molecule has 1 aliphatic heterocycles. The van der Waals surface area contributed by atoms with Gasteiger partial charge in [-0.3, -0.25) is 0 Å². The molecular formula is C13H19FN2O2S2. The minimum atomic E-state index is -3.25. The average molecular weight is 318 g/mol. The molecule has 0 amide bonds. The second kappa shape index (κ2) is 5.91. The molecule has 0 aromatic heterocycles. The number of sulfone groups is 1. The maximum absolute atomic E-state index is 14.3. The molecule has 0 aliphatic carbocycles. The number of nitrogens with zero attached hydrogens (tertiary/aromatic N) is 1. The van der Waals surface area contributed by atoms with E-state index < -0.39 is 21.0 Å². The van der Waals surface area contributed by atoms with Crippen molar-refractivity contribution in [3.05, 3.63) is 29.6 Å². The Morgan fingerprint density at radius 2 is 2.20 bits per heavy atom. The zero-order valence-electron chi connectivity index (χ0n) is 11.5. The lowest BCUT2D eigenvalue weighted by Crippen LogP contribution is -2.47. The lowest BCUT2D eigenvalue weighted by Gasteiger charge is -2.36. The van der Waals surface area contributed by atoms with Gasteiger partial charge in [-0.15, -0.1) is 0 Å². The first-order valence-corrected chi connectivity index (χ1v) is 9.50. The molecule has 0 saturated carbocycles. The molecule has 20 heavy (non-hydrogen) atoms. The molecule has 1 heterocycles. The fourth-order valence-electron chi connectivity index (χ4n) is 2.25. The Morgan fingerprint density at radius 3 is 2.75 bits per heavy atom. The summed E-state index contributed by atoms with van der Waals surface area (Å²) in [4.78, 5) is 1.64. The van der Waals surface area contributed by atoms with Crippen molar-refractivity contribution in [1.82, 2.24) is 0 Å². The van der Waals surface area contributed by atoms with Crippen LogP contribution in [0.5, 0.6) is 0 Å². The second-order valence-corrected chi connectivity index (χ2v) is 8.41. The van der Waals surface area contributed by atoms with Crippen molar-refractivity contribution in [2.24, 2.45) is 5.73 Å². The van der Waals surface area contributed by atoms with E-state index in [2.05, 4.69) is 0 Å². The first-order valence-electron chi connectivity index (χ1n) is 6.39. The zero-order valence-corrected chi connectivity index (χ0v) is 13.2. The van der Waals surface area contributed by atoms with Crippen molar-refractivity contribution in [2.45, 2.75) is 18.3 Å². The number of rotatable bonds is 3. The fourth-order valence-corrected chi connectivity index (χ4v) is 5.08. The average Bonchev–Trinajstić information content (AvgIpc) is 2.37. The number of nitrogens with two attached hydrogens (primary N) is 1. The number of benzene rings is 1. The Morgan fingerprint density at radius 1 is 1.50 bits per heavy atom. The lowest BCUT2D eigenvalue weighted by atomic mass is 10.1. The molecule has 0 radical (unpaired) electrons. The van der Waals surface area contributed by atoms with E-state index >= 15 is 0 Å². The highest BCUT2D eigenvalue weighted by atomic mass is 32.2. The molecule has 0 spiro atoms. The van der Waals surface area contributed by atoms with Crippen LogP contribution in [0.25, 0.3) is 0 Å². The van der Waals surface area contributed by atoms with E-state index in [0.717, 1.165) is 5.75 Å². The smallest absolute Gasteiger partial charge is 0.169 e. The molecule has 1 saturated heterocycles. The topological polar surface area (TPSA) is 63.4 Å². The standard InChI is InChI=1S/C13H19FN2O2S2/c1-9(15)10-3-4-12(11(14)7-10)16-5-6-19-8-13(16)20(2,17)18/h3-4,7,9,13H,5-6,8,15H2,1-2H3. The second-order valence-electron chi connectivity index (χ2n) is 5.05. The van der Waals surface area contributed by atoms with Gasteiger partial charge in [-0.1, -0.05) is 6.07 Å². The molecule has 2 N–H and O–H groups in total. The Bertz CT molecular complexity index is 590. The van der Waals surface area contributed by atoms with Crippen molar-refractivity contribution in [1.29, 1.82) is 0 Å². The summed E-state index contributed by atoms with van der Waals surface area (Å²) in [6.07, 6.45) is 1.20. The summed E-state index contributed by atoms with van der Waals surface area (Å²) in [5.41, 5.74) is 6.77. The van der Waals surface area contributed by atoms with Crippen molar-refractivity contribution < 1.29 is 12.8 Å². The minimum Gasteiger partial charge on any atom is -0.351 e. The third-order valence-electron chi connectivity index (χ3n) is 3.39. The summed E-state index contributed by atoms with van der Waals surface area (Å²) in [6, 6.07) is 4.52. The molecular weight excluding hydrogens is 299 g/mol.